The van der Waals surface area contributed by atoms with Crippen molar-refractivity contribution in [2.24, 2.45) is 0 Å². The van der Waals surface area contributed by atoms with Gasteiger partial charge in [0.25, 0.3) is 5.91 Å². The number of aromatic nitrogens is 3. The van der Waals surface area contributed by atoms with Crippen LogP contribution in [0.3, 0.4) is 0 Å². The molecule has 7 heteroatoms. The Kier molecular flexibility index (Phi) is 4.26. The molecule has 0 fully saturated rings. The summed E-state index contributed by atoms with van der Waals surface area (Å²) in [6.45, 7) is 1.81. The number of hydrogen-bond donors (Lipinski definition) is 2. The zero-order valence-corrected chi connectivity index (χ0v) is 11.7. The lowest BCUT2D eigenvalue weighted by atomic mass is 10.1. The summed E-state index contributed by atoms with van der Waals surface area (Å²) in [6, 6.07) is 4.66. The Morgan fingerprint density at radius 1 is 1.58 bits per heavy atom. The van der Waals surface area contributed by atoms with Crippen molar-refractivity contribution in [3.8, 4) is 0 Å². The van der Waals surface area contributed by atoms with E-state index in [-0.39, 0.29) is 23.5 Å². The molecule has 2 aromatic rings. The summed E-state index contributed by atoms with van der Waals surface area (Å²) in [6.07, 6.45) is 1.74. The minimum Gasteiger partial charge on any atom is -0.348 e. The number of nitrogens with one attached hydrogen (secondary N) is 2. The highest BCUT2D eigenvalue weighted by Gasteiger charge is 2.14. The zero-order chi connectivity index (χ0) is 13.8. The third-order valence-electron chi connectivity index (χ3n) is 2.57. The molecule has 1 aromatic heterocycles. The number of carbonyl (C=O) groups is 1. The Bertz CT molecular complexity index is 573. The Labute approximate surface area is 117 Å². The Hall–Kier alpha value is -1.76. The van der Waals surface area contributed by atoms with E-state index >= 15 is 0 Å². The molecule has 19 heavy (non-hydrogen) atoms. The van der Waals surface area contributed by atoms with Crippen LogP contribution in [-0.4, -0.2) is 27.4 Å². The lowest BCUT2D eigenvalue weighted by Crippen LogP contribution is -2.34. The first-order valence-electron chi connectivity index (χ1n) is 5.67. The van der Waals surface area contributed by atoms with Crippen LogP contribution in [0.4, 0.5) is 4.39 Å². The predicted molar refractivity (Wildman–Crippen MR) is 71.1 cm³/mol. The van der Waals surface area contributed by atoms with E-state index in [4.69, 9.17) is 0 Å². The van der Waals surface area contributed by atoms with E-state index in [1.165, 1.54) is 12.3 Å². The number of amides is 1. The third-order valence-corrected chi connectivity index (χ3v) is 3.06. The summed E-state index contributed by atoms with van der Waals surface area (Å²) in [4.78, 5) is 11.7. The summed E-state index contributed by atoms with van der Waals surface area (Å²) in [5.74, 6) is -0.629. The molecule has 1 atom stereocenters. The number of hydrogen-bond acceptors (Lipinski definition) is 3. The topological polar surface area (TPSA) is 70.7 Å². The number of rotatable bonds is 4. The van der Waals surface area contributed by atoms with Gasteiger partial charge in [0.2, 0.25) is 0 Å². The van der Waals surface area contributed by atoms with Crippen LogP contribution in [0.25, 0.3) is 0 Å². The molecule has 0 aliphatic heterocycles. The SMILES string of the molecule is C[C@@H](Cc1ccc(Br)cc1F)NC(=O)c1cn[nH]n1. The van der Waals surface area contributed by atoms with Gasteiger partial charge in [-0.3, -0.25) is 4.79 Å². The van der Waals surface area contributed by atoms with Crippen molar-refractivity contribution in [3.05, 3.63) is 45.9 Å². The number of halogens is 2. The number of aromatic amines is 1. The summed E-state index contributed by atoms with van der Waals surface area (Å²) in [7, 11) is 0. The highest BCUT2D eigenvalue weighted by molar-refractivity contribution is 9.10. The second kappa shape index (κ2) is 5.92. The first-order valence-corrected chi connectivity index (χ1v) is 6.46. The molecule has 2 rings (SSSR count). The van der Waals surface area contributed by atoms with Crippen LogP contribution in [0.2, 0.25) is 0 Å². The lowest BCUT2D eigenvalue weighted by Gasteiger charge is -2.13. The molecule has 2 N–H and O–H groups in total. The van der Waals surface area contributed by atoms with Crippen LogP contribution in [0.1, 0.15) is 23.0 Å². The van der Waals surface area contributed by atoms with Crippen molar-refractivity contribution in [2.45, 2.75) is 19.4 Å². The minimum absolute atomic E-state index is 0.208. The van der Waals surface area contributed by atoms with Gasteiger partial charge in [-0.1, -0.05) is 22.0 Å². The smallest absolute Gasteiger partial charge is 0.273 e. The van der Waals surface area contributed by atoms with Crippen molar-refractivity contribution in [1.82, 2.24) is 20.7 Å². The summed E-state index contributed by atoms with van der Waals surface area (Å²) in [5, 5.41) is 12.3. The van der Waals surface area contributed by atoms with Gasteiger partial charge in [-0.05, 0) is 31.0 Å². The molecular formula is C12H12BrFN4O. The van der Waals surface area contributed by atoms with Crippen LogP contribution >= 0.6 is 15.9 Å². The predicted octanol–water partition coefficient (Wildman–Crippen LogP) is 2.07. The standard InChI is InChI=1S/C12H12BrFN4O/c1-7(16-12(19)11-6-15-18-17-11)4-8-2-3-9(13)5-10(8)14/h2-3,5-7H,4H2,1H3,(H,16,19)(H,15,17,18)/t7-/m0/s1. The zero-order valence-electron chi connectivity index (χ0n) is 10.2. The molecule has 1 amide bonds. The molecule has 0 saturated carbocycles. The fourth-order valence-corrected chi connectivity index (χ4v) is 2.01. The second-order valence-corrected chi connectivity index (χ2v) is 5.09. The molecule has 0 unspecified atom stereocenters. The van der Waals surface area contributed by atoms with Gasteiger partial charge in [0.05, 0.1) is 6.20 Å². The molecule has 1 heterocycles. The maximum absolute atomic E-state index is 13.7. The van der Waals surface area contributed by atoms with Gasteiger partial charge in [0.1, 0.15) is 5.82 Å². The average Bonchev–Trinajstić information content (AvgIpc) is 2.86. The van der Waals surface area contributed by atoms with Crippen molar-refractivity contribution in [1.29, 1.82) is 0 Å². The van der Waals surface area contributed by atoms with Gasteiger partial charge in [-0.25, -0.2) is 4.39 Å². The maximum atomic E-state index is 13.7. The van der Waals surface area contributed by atoms with Gasteiger partial charge < -0.3 is 5.32 Å². The number of benzene rings is 1. The number of nitrogens with zero attached hydrogens (tertiary/aromatic N) is 2. The van der Waals surface area contributed by atoms with E-state index in [9.17, 15) is 9.18 Å². The third kappa shape index (κ3) is 3.60. The molecule has 5 nitrogen and oxygen atoms in total. The normalized spacial score (nSPS) is 12.2. The minimum atomic E-state index is -0.334. The largest absolute Gasteiger partial charge is 0.348 e. The van der Waals surface area contributed by atoms with Crippen molar-refractivity contribution >= 4 is 21.8 Å². The van der Waals surface area contributed by atoms with Crippen LogP contribution in [0.5, 0.6) is 0 Å². The Balaban J connectivity index is 1.97. The van der Waals surface area contributed by atoms with E-state index in [1.807, 2.05) is 0 Å². The van der Waals surface area contributed by atoms with Crippen LogP contribution < -0.4 is 5.32 Å². The van der Waals surface area contributed by atoms with E-state index in [2.05, 4.69) is 36.7 Å². The fraction of sp³-hybridized carbons (Fsp3) is 0.250. The fourth-order valence-electron chi connectivity index (χ4n) is 1.68. The van der Waals surface area contributed by atoms with E-state index < -0.39 is 0 Å². The van der Waals surface area contributed by atoms with Crippen LogP contribution in [0, 0.1) is 5.82 Å². The van der Waals surface area contributed by atoms with E-state index in [0.29, 0.717) is 16.5 Å². The summed E-state index contributed by atoms with van der Waals surface area (Å²) in [5.41, 5.74) is 0.763. The van der Waals surface area contributed by atoms with Gasteiger partial charge in [0.15, 0.2) is 5.69 Å². The molecule has 100 valence electrons. The van der Waals surface area contributed by atoms with Gasteiger partial charge in [-0.2, -0.15) is 15.4 Å². The lowest BCUT2D eigenvalue weighted by molar-refractivity contribution is 0.0935. The van der Waals surface area contributed by atoms with Gasteiger partial charge in [0, 0.05) is 10.5 Å². The summed E-state index contributed by atoms with van der Waals surface area (Å²) >= 11 is 3.20. The van der Waals surface area contributed by atoms with Gasteiger partial charge >= 0.3 is 0 Å². The molecule has 1 aromatic carbocycles. The Morgan fingerprint density at radius 3 is 3.00 bits per heavy atom. The highest BCUT2D eigenvalue weighted by Crippen LogP contribution is 2.16. The quantitative estimate of drug-likeness (QED) is 0.903. The first kappa shape index (κ1) is 13.7. The van der Waals surface area contributed by atoms with Crippen LogP contribution in [0.15, 0.2) is 28.9 Å². The van der Waals surface area contributed by atoms with E-state index in [1.54, 1.807) is 19.1 Å². The second-order valence-electron chi connectivity index (χ2n) is 4.17. The Morgan fingerprint density at radius 2 is 2.37 bits per heavy atom. The summed E-state index contributed by atoms with van der Waals surface area (Å²) < 4.78 is 14.3. The molecule has 0 saturated heterocycles. The molecule has 0 bridgehead atoms. The number of H-pyrrole nitrogens is 1. The monoisotopic (exact) mass is 326 g/mol. The molecular weight excluding hydrogens is 315 g/mol. The highest BCUT2D eigenvalue weighted by atomic mass is 79.9. The van der Waals surface area contributed by atoms with Crippen molar-refractivity contribution in [3.63, 3.8) is 0 Å². The molecule has 0 aliphatic carbocycles. The first-order chi connectivity index (χ1) is 9.06. The average molecular weight is 327 g/mol. The van der Waals surface area contributed by atoms with Crippen molar-refractivity contribution in [2.75, 3.05) is 0 Å². The van der Waals surface area contributed by atoms with Crippen molar-refractivity contribution < 1.29 is 9.18 Å². The van der Waals surface area contributed by atoms with E-state index in [0.717, 1.165) is 0 Å². The maximum Gasteiger partial charge on any atom is 0.273 e. The van der Waals surface area contributed by atoms with Crippen LogP contribution in [-0.2, 0) is 6.42 Å². The number of carbonyl (C=O) groups excluding carboxylic acids is 1. The molecule has 0 spiro atoms. The van der Waals surface area contributed by atoms with Gasteiger partial charge in [-0.15, -0.1) is 0 Å². The molecule has 0 aliphatic rings. The molecule has 0 radical (unpaired) electrons.